The summed E-state index contributed by atoms with van der Waals surface area (Å²) in [6.45, 7) is 0. The van der Waals surface area contributed by atoms with Crippen molar-refractivity contribution in [1.29, 1.82) is 0 Å². The van der Waals surface area contributed by atoms with Crippen LogP contribution in [0.5, 0.6) is 0 Å². The fraction of sp³-hybridized carbons (Fsp3) is 0. The van der Waals surface area contributed by atoms with E-state index in [1.807, 2.05) is 29.6 Å². The van der Waals surface area contributed by atoms with E-state index in [1.165, 1.54) is 35.6 Å². The number of nitro groups is 1. The lowest BCUT2D eigenvalue weighted by Crippen LogP contribution is -2.11. The number of hydrogen-bond donors (Lipinski definition) is 1. The monoisotopic (exact) mass is 451 g/mol. The highest BCUT2D eigenvalue weighted by Crippen LogP contribution is 2.26. The number of carbonyl (C=O) groups excluding carboxylic acids is 1. The van der Waals surface area contributed by atoms with E-state index >= 15 is 0 Å². The van der Waals surface area contributed by atoms with E-state index in [1.54, 1.807) is 0 Å². The highest BCUT2D eigenvalue weighted by Gasteiger charge is 2.13. The summed E-state index contributed by atoms with van der Waals surface area (Å²) in [6, 6.07) is 13.5. The van der Waals surface area contributed by atoms with Gasteiger partial charge >= 0.3 is 0 Å². The summed E-state index contributed by atoms with van der Waals surface area (Å²) in [7, 11) is 0. The third-order valence-corrected chi connectivity index (χ3v) is 4.66. The number of rotatable bonds is 4. The molecule has 6 nitrogen and oxygen atoms in total. The minimum absolute atomic E-state index is 0.124. The summed E-state index contributed by atoms with van der Waals surface area (Å²) in [6.07, 6.45) is 0. The Kier molecular flexibility index (Phi) is 4.86. The van der Waals surface area contributed by atoms with Gasteiger partial charge in [0.05, 0.1) is 10.6 Å². The number of carbonyl (C=O) groups is 1. The van der Waals surface area contributed by atoms with E-state index in [-0.39, 0.29) is 11.3 Å². The summed E-state index contributed by atoms with van der Waals surface area (Å²) >= 11 is 3.53. The molecule has 0 radical (unpaired) electrons. The van der Waals surface area contributed by atoms with E-state index in [9.17, 15) is 14.9 Å². The smallest absolute Gasteiger partial charge is 0.270 e. The van der Waals surface area contributed by atoms with Gasteiger partial charge in [0.2, 0.25) is 0 Å². The van der Waals surface area contributed by atoms with Gasteiger partial charge in [-0.25, -0.2) is 4.98 Å². The Labute approximate surface area is 154 Å². The first-order valence-electron chi connectivity index (χ1n) is 6.80. The number of aromatic nitrogens is 1. The van der Waals surface area contributed by atoms with Crippen LogP contribution in [-0.4, -0.2) is 15.8 Å². The topological polar surface area (TPSA) is 85.1 Å². The average Bonchev–Trinajstić information content (AvgIpc) is 3.04. The SMILES string of the molecule is O=C(Nc1nc(-c2ccc(I)cc2)cs1)c1cccc([N+](=O)[O-])c1. The fourth-order valence-electron chi connectivity index (χ4n) is 2.01. The summed E-state index contributed by atoms with van der Waals surface area (Å²) in [4.78, 5) is 26.8. The van der Waals surface area contributed by atoms with Gasteiger partial charge in [-0.1, -0.05) is 18.2 Å². The van der Waals surface area contributed by atoms with Crippen LogP contribution in [0.25, 0.3) is 11.3 Å². The van der Waals surface area contributed by atoms with Crippen LogP contribution in [0.1, 0.15) is 10.4 Å². The summed E-state index contributed by atoms with van der Waals surface area (Å²) in [5, 5.41) is 15.7. The van der Waals surface area contributed by atoms with Crippen LogP contribution in [0.4, 0.5) is 10.8 Å². The van der Waals surface area contributed by atoms with Gasteiger partial charge in [-0.15, -0.1) is 11.3 Å². The molecule has 8 heteroatoms. The Bertz CT molecular complexity index is 909. The van der Waals surface area contributed by atoms with Crippen molar-refractivity contribution in [3.8, 4) is 11.3 Å². The van der Waals surface area contributed by atoms with Crippen LogP contribution in [-0.2, 0) is 0 Å². The lowest BCUT2D eigenvalue weighted by Gasteiger charge is -2.01. The second-order valence-corrected chi connectivity index (χ2v) is 6.91. The van der Waals surface area contributed by atoms with Crippen molar-refractivity contribution in [1.82, 2.24) is 4.98 Å². The molecule has 0 saturated heterocycles. The van der Waals surface area contributed by atoms with E-state index in [4.69, 9.17) is 0 Å². The van der Waals surface area contributed by atoms with E-state index < -0.39 is 10.8 Å². The number of nitrogens with zero attached hydrogens (tertiary/aromatic N) is 2. The van der Waals surface area contributed by atoms with E-state index in [2.05, 4.69) is 32.9 Å². The number of non-ortho nitro benzene ring substituents is 1. The number of amides is 1. The number of anilines is 1. The molecule has 0 unspecified atom stereocenters. The third kappa shape index (κ3) is 3.77. The Balaban J connectivity index is 1.77. The number of nitrogens with one attached hydrogen (secondary N) is 1. The van der Waals surface area contributed by atoms with Gasteiger partial charge in [0.1, 0.15) is 0 Å². The molecular formula is C16H10IN3O3S. The van der Waals surface area contributed by atoms with Crippen molar-refractivity contribution in [3.05, 3.63) is 73.2 Å². The maximum atomic E-state index is 12.2. The standard InChI is InChI=1S/C16H10IN3O3S/c17-12-6-4-10(5-7-12)14-9-24-16(18-14)19-15(21)11-2-1-3-13(8-11)20(22)23/h1-9H,(H,18,19,21). The highest BCUT2D eigenvalue weighted by molar-refractivity contribution is 14.1. The fourth-order valence-corrected chi connectivity index (χ4v) is 3.09. The van der Waals surface area contributed by atoms with Crippen molar-refractivity contribution in [2.45, 2.75) is 0 Å². The normalized spacial score (nSPS) is 10.4. The molecule has 1 aromatic heterocycles. The molecule has 0 spiro atoms. The molecule has 24 heavy (non-hydrogen) atoms. The van der Waals surface area contributed by atoms with Crippen molar-refractivity contribution < 1.29 is 9.72 Å². The van der Waals surface area contributed by atoms with E-state index in [0.29, 0.717) is 5.13 Å². The molecule has 2 aromatic carbocycles. The second-order valence-electron chi connectivity index (χ2n) is 4.81. The predicted molar refractivity (Wildman–Crippen MR) is 101 cm³/mol. The van der Waals surface area contributed by atoms with Crippen LogP contribution in [0, 0.1) is 13.7 Å². The Morgan fingerprint density at radius 2 is 1.96 bits per heavy atom. The molecule has 1 heterocycles. The molecule has 0 aliphatic heterocycles. The average molecular weight is 451 g/mol. The number of hydrogen-bond acceptors (Lipinski definition) is 5. The first-order chi connectivity index (χ1) is 11.5. The van der Waals surface area contributed by atoms with Gasteiger partial charge in [-0.05, 0) is 40.8 Å². The number of nitro benzene ring substituents is 1. The van der Waals surface area contributed by atoms with Crippen molar-refractivity contribution >= 4 is 50.7 Å². The Morgan fingerprint density at radius 3 is 2.67 bits per heavy atom. The predicted octanol–water partition coefficient (Wildman–Crippen LogP) is 4.58. The summed E-state index contributed by atoms with van der Waals surface area (Å²) in [5.74, 6) is -0.429. The summed E-state index contributed by atoms with van der Waals surface area (Å²) < 4.78 is 1.13. The lowest BCUT2D eigenvalue weighted by molar-refractivity contribution is -0.384. The van der Waals surface area contributed by atoms with Crippen LogP contribution in [0.2, 0.25) is 0 Å². The van der Waals surface area contributed by atoms with Gasteiger partial charge in [-0.2, -0.15) is 0 Å². The van der Waals surface area contributed by atoms with Gasteiger partial charge in [0.25, 0.3) is 11.6 Å². The van der Waals surface area contributed by atoms with Crippen LogP contribution in [0.15, 0.2) is 53.9 Å². The molecule has 0 bridgehead atoms. The largest absolute Gasteiger partial charge is 0.298 e. The number of benzene rings is 2. The molecule has 120 valence electrons. The first kappa shape index (κ1) is 16.5. The molecule has 1 amide bonds. The summed E-state index contributed by atoms with van der Waals surface area (Å²) in [5.41, 5.74) is 1.82. The van der Waals surface area contributed by atoms with Gasteiger partial charge in [0.15, 0.2) is 5.13 Å². The quantitative estimate of drug-likeness (QED) is 0.358. The number of thiazole rings is 1. The molecule has 1 N–H and O–H groups in total. The van der Waals surface area contributed by atoms with Crippen LogP contribution < -0.4 is 5.32 Å². The van der Waals surface area contributed by atoms with Crippen molar-refractivity contribution in [2.24, 2.45) is 0 Å². The van der Waals surface area contributed by atoms with Gasteiger partial charge in [-0.3, -0.25) is 20.2 Å². The molecule has 3 aromatic rings. The van der Waals surface area contributed by atoms with Gasteiger partial charge in [0, 0.05) is 32.2 Å². The zero-order valence-electron chi connectivity index (χ0n) is 12.1. The van der Waals surface area contributed by atoms with Crippen molar-refractivity contribution in [2.75, 3.05) is 5.32 Å². The van der Waals surface area contributed by atoms with Crippen LogP contribution in [0.3, 0.4) is 0 Å². The molecule has 0 aliphatic carbocycles. The zero-order chi connectivity index (χ0) is 17.1. The molecule has 0 saturated carbocycles. The Morgan fingerprint density at radius 1 is 1.21 bits per heavy atom. The zero-order valence-corrected chi connectivity index (χ0v) is 15.1. The molecule has 0 fully saturated rings. The van der Waals surface area contributed by atoms with Crippen molar-refractivity contribution in [3.63, 3.8) is 0 Å². The van der Waals surface area contributed by atoms with Gasteiger partial charge < -0.3 is 0 Å². The maximum absolute atomic E-state index is 12.2. The first-order valence-corrected chi connectivity index (χ1v) is 8.76. The van der Waals surface area contributed by atoms with Crippen LogP contribution >= 0.6 is 33.9 Å². The lowest BCUT2D eigenvalue weighted by atomic mass is 10.2. The third-order valence-electron chi connectivity index (χ3n) is 3.18. The van der Waals surface area contributed by atoms with E-state index in [0.717, 1.165) is 14.8 Å². The number of halogens is 1. The second kappa shape index (κ2) is 7.05. The highest BCUT2D eigenvalue weighted by atomic mass is 127. The minimum atomic E-state index is -0.533. The molecule has 0 aliphatic rings. The molecule has 0 atom stereocenters. The maximum Gasteiger partial charge on any atom is 0.270 e. The Hall–Kier alpha value is -2.33. The minimum Gasteiger partial charge on any atom is -0.298 e. The molecular weight excluding hydrogens is 441 g/mol. The molecule has 3 rings (SSSR count).